The third-order valence-electron chi connectivity index (χ3n) is 2.96. The summed E-state index contributed by atoms with van der Waals surface area (Å²) in [6.07, 6.45) is 1.51. The van der Waals surface area contributed by atoms with Crippen LogP contribution in [0.15, 0.2) is 30.5 Å². The molecule has 6 nitrogen and oxygen atoms in total. The second kappa shape index (κ2) is 5.78. The zero-order valence-electron chi connectivity index (χ0n) is 11.4. The van der Waals surface area contributed by atoms with Crippen molar-refractivity contribution in [1.29, 1.82) is 0 Å². The number of nitro benzene ring substituents is 1. The first kappa shape index (κ1) is 14.8. The molecule has 0 amide bonds. The van der Waals surface area contributed by atoms with Gasteiger partial charge in [0, 0.05) is 18.3 Å². The monoisotopic (exact) mass is 289 g/mol. The fourth-order valence-corrected chi connectivity index (χ4v) is 1.95. The number of rotatable bonds is 4. The van der Waals surface area contributed by atoms with Crippen LogP contribution in [-0.2, 0) is 4.74 Å². The van der Waals surface area contributed by atoms with Gasteiger partial charge in [-0.15, -0.1) is 0 Å². The molecule has 1 heterocycles. The van der Waals surface area contributed by atoms with Gasteiger partial charge in [-0.1, -0.05) is 12.3 Å². The normalized spacial score (nSPS) is 10.2. The maximum Gasteiger partial charge on any atom is 0.355 e. The van der Waals surface area contributed by atoms with Crippen molar-refractivity contribution < 1.29 is 18.8 Å². The van der Waals surface area contributed by atoms with Crippen LogP contribution in [0.4, 0.5) is 10.1 Å². The Kier molecular flexibility index (Phi) is 4.06. The average molecular weight is 289 g/mol. The molecule has 0 unspecified atom stereocenters. The summed E-state index contributed by atoms with van der Waals surface area (Å²) in [7, 11) is 2.92. The van der Waals surface area contributed by atoms with Crippen LogP contribution in [0.5, 0.6) is 0 Å². The molecule has 1 aromatic heterocycles. The van der Waals surface area contributed by atoms with Crippen molar-refractivity contribution in [3.05, 3.63) is 52.1 Å². The molecule has 21 heavy (non-hydrogen) atoms. The maximum atomic E-state index is 13.4. The van der Waals surface area contributed by atoms with E-state index in [1.54, 1.807) is 14.1 Å². The van der Waals surface area contributed by atoms with Crippen LogP contribution in [0.3, 0.4) is 0 Å². The van der Waals surface area contributed by atoms with E-state index in [0.717, 1.165) is 18.2 Å². The van der Waals surface area contributed by atoms with Crippen molar-refractivity contribution in [1.82, 2.24) is 4.57 Å². The first-order valence-electron chi connectivity index (χ1n) is 6.02. The van der Waals surface area contributed by atoms with Gasteiger partial charge in [-0.3, -0.25) is 10.1 Å². The molecule has 0 saturated heterocycles. The average Bonchev–Trinajstić information content (AvgIpc) is 2.90. The molecule has 0 aliphatic rings. The number of esters is 1. The van der Waals surface area contributed by atoms with Gasteiger partial charge in [-0.2, -0.15) is 0 Å². The minimum absolute atomic E-state index is 0.0338. The van der Waals surface area contributed by atoms with Gasteiger partial charge in [0.2, 0.25) is 0 Å². The van der Waals surface area contributed by atoms with E-state index < -0.39 is 16.7 Å². The molecular formula is C13H11BFN2O4. The van der Waals surface area contributed by atoms with Crippen molar-refractivity contribution in [3.63, 3.8) is 0 Å². The smallest absolute Gasteiger partial charge is 0.355 e. The largest absolute Gasteiger partial charge is 0.464 e. The van der Waals surface area contributed by atoms with E-state index in [1.165, 1.54) is 23.9 Å². The topological polar surface area (TPSA) is 74.4 Å². The summed E-state index contributed by atoms with van der Waals surface area (Å²) in [6.45, 7) is 1.75. The molecule has 1 radical (unpaired) electrons. The minimum Gasteiger partial charge on any atom is -0.464 e. The van der Waals surface area contributed by atoms with E-state index in [-0.39, 0.29) is 17.1 Å². The number of nitro groups is 1. The number of hydrogen-bond acceptors (Lipinski definition) is 4. The standard InChI is InChI=1S/C13H11BFN2O4/c1-14-8-5-12(13(18)21-2)16(7-8)11-6-9(15)3-4-10(11)17(19)20/h3-7H,1-2H3. The van der Waals surface area contributed by atoms with Crippen LogP contribution >= 0.6 is 0 Å². The number of halogens is 1. The van der Waals surface area contributed by atoms with Crippen LogP contribution in [0, 0.1) is 15.9 Å². The Morgan fingerprint density at radius 3 is 2.71 bits per heavy atom. The van der Waals surface area contributed by atoms with Gasteiger partial charge in [0.15, 0.2) is 0 Å². The van der Waals surface area contributed by atoms with Crippen molar-refractivity contribution in [2.24, 2.45) is 0 Å². The molecule has 0 spiro atoms. The third kappa shape index (κ3) is 2.79. The van der Waals surface area contributed by atoms with Gasteiger partial charge < -0.3 is 9.30 Å². The van der Waals surface area contributed by atoms with Gasteiger partial charge in [0.05, 0.1) is 12.0 Å². The molecule has 0 aliphatic carbocycles. The Labute approximate surface area is 120 Å². The second-order valence-electron chi connectivity index (χ2n) is 4.20. The first-order chi connectivity index (χ1) is 9.97. The fourth-order valence-electron chi connectivity index (χ4n) is 1.95. The number of nitrogens with zero attached hydrogens (tertiary/aromatic N) is 2. The lowest BCUT2D eigenvalue weighted by atomic mass is 9.75. The van der Waals surface area contributed by atoms with E-state index in [0.29, 0.717) is 5.46 Å². The number of hydrogen-bond donors (Lipinski definition) is 0. The Balaban J connectivity index is 2.71. The van der Waals surface area contributed by atoms with Crippen molar-refractivity contribution in [2.45, 2.75) is 6.82 Å². The first-order valence-corrected chi connectivity index (χ1v) is 6.02. The van der Waals surface area contributed by atoms with Crippen LogP contribution in [0.2, 0.25) is 6.82 Å². The lowest BCUT2D eigenvalue weighted by molar-refractivity contribution is -0.384. The van der Waals surface area contributed by atoms with E-state index >= 15 is 0 Å². The summed E-state index contributed by atoms with van der Waals surface area (Å²) in [5, 5.41) is 11.1. The highest BCUT2D eigenvalue weighted by atomic mass is 19.1. The number of benzene rings is 1. The van der Waals surface area contributed by atoms with Crippen LogP contribution in [0.25, 0.3) is 5.69 Å². The van der Waals surface area contributed by atoms with E-state index in [1.807, 2.05) is 0 Å². The molecule has 2 rings (SSSR count). The molecule has 0 N–H and O–H groups in total. The number of carbonyl (C=O) groups excluding carboxylic acids is 1. The SMILES string of the molecule is C[B]c1cc(C(=O)OC)n(-c2cc(F)ccc2[N+](=O)[O-])c1. The predicted molar refractivity (Wildman–Crippen MR) is 75.0 cm³/mol. The number of ether oxygens (including phenoxy) is 1. The molecule has 1 aromatic carbocycles. The Hall–Kier alpha value is -2.64. The molecule has 0 fully saturated rings. The minimum atomic E-state index is -0.665. The quantitative estimate of drug-likeness (QED) is 0.371. The van der Waals surface area contributed by atoms with Crippen LogP contribution in [-0.4, -0.2) is 29.8 Å². The summed E-state index contributed by atoms with van der Waals surface area (Å²) in [5.74, 6) is -1.30. The lowest BCUT2D eigenvalue weighted by Crippen LogP contribution is -2.10. The summed E-state index contributed by atoms with van der Waals surface area (Å²) in [4.78, 5) is 22.2. The third-order valence-corrected chi connectivity index (χ3v) is 2.96. The molecule has 0 bridgehead atoms. The van der Waals surface area contributed by atoms with E-state index in [9.17, 15) is 19.3 Å². The highest BCUT2D eigenvalue weighted by molar-refractivity contribution is 6.52. The summed E-state index contributed by atoms with van der Waals surface area (Å²) in [5.41, 5.74) is 0.404. The van der Waals surface area contributed by atoms with E-state index in [4.69, 9.17) is 0 Å². The van der Waals surface area contributed by atoms with Crippen LogP contribution in [0.1, 0.15) is 10.5 Å². The summed E-state index contributed by atoms with van der Waals surface area (Å²) < 4.78 is 19.3. The zero-order valence-corrected chi connectivity index (χ0v) is 11.4. The number of carbonyl (C=O) groups is 1. The van der Waals surface area contributed by atoms with Gasteiger partial charge in [0.1, 0.15) is 24.5 Å². The maximum absolute atomic E-state index is 13.4. The molecule has 0 atom stereocenters. The van der Waals surface area contributed by atoms with Gasteiger partial charge in [-0.05, 0) is 12.1 Å². The van der Waals surface area contributed by atoms with Gasteiger partial charge >= 0.3 is 5.97 Å². The molecular weight excluding hydrogens is 278 g/mol. The van der Waals surface area contributed by atoms with Gasteiger partial charge in [-0.25, -0.2) is 9.18 Å². The molecule has 0 saturated carbocycles. The molecule has 107 valence electrons. The number of aromatic nitrogens is 1. The number of methoxy groups -OCH3 is 1. The van der Waals surface area contributed by atoms with E-state index in [2.05, 4.69) is 4.74 Å². The Morgan fingerprint density at radius 2 is 2.14 bits per heavy atom. The molecule has 2 aromatic rings. The van der Waals surface area contributed by atoms with Crippen LogP contribution < -0.4 is 5.46 Å². The van der Waals surface area contributed by atoms with Crippen molar-refractivity contribution in [2.75, 3.05) is 7.11 Å². The molecule has 0 aliphatic heterocycles. The van der Waals surface area contributed by atoms with Crippen molar-refractivity contribution in [3.8, 4) is 5.69 Å². The molecule has 8 heteroatoms. The zero-order chi connectivity index (χ0) is 15.6. The fraction of sp³-hybridized carbons (Fsp3) is 0.154. The highest BCUT2D eigenvalue weighted by Gasteiger charge is 2.22. The van der Waals surface area contributed by atoms with Gasteiger partial charge in [0.25, 0.3) is 5.69 Å². The Bertz CT molecular complexity index is 714. The lowest BCUT2D eigenvalue weighted by Gasteiger charge is -2.08. The van der Waals surface area contributed by atoms with Crippen molar-refractivity contribution >= 4 is 24.4 Å². The Morgan fingerprint density at radius 1 is 1.43 bits per heavy atom. The second-order valence-corrected chi connectivity index (χ2v) is 4.20. The summed E-state index contributed by atoms with van der Waals surface area (Å²) in [6, 6.07) is 4.57. The predicted octanol–water partition coefficient (Wildman–Crippen LogP) is 1.69. The highest BCUT2D eigenvalue weighted by Crippen LogP contribution is 2.25. The summed E-state index contributed by atoms with van der Waals surface area (Å²) >= 11 is 0.